The first-order valence-corrected chi connectivity index (χ1v) is 8.12. The molecule has 0 unspecified atom stereocenters. The number of hydrogen-bond donors (Lipinski definition) is 1. The van der Waals surface area contributed by atoms with Crippen molar-refractivity contribution in [2.24, 2.45) is 0 Å². The number of para-hydroxylation sites is 1. The van der Waals surface area contributed by atoms with Crippen LogP contribution in [-0.4, -0.2) is 33.9 Å². The molecule has 1 aromatic heterocycles. The molecule has 1 aliphatic rings. The van der Waals surface area contributed by atoms with E-state index in [1.165, 1.54) is 5.56 Å². The van der Waals surface area contributed by atoms with Crippen molar-refractivity contribution in [2.45, 2.75) is 32.6 Å². The first kappa shape index (κ1) is 15.5. The second-order valence-corrected chi connectivity index (χ2v) is 6.16. The Kier molecular flexibility index (Phi) is 4.55. The Hall–Kier alpha value is -2.43. The van der Waals surface area contributed by atoms with Crippen molar-refractivity contribution < 1.29 is 4.79 Å². The molecule has 0 atom stereocenters. The SMILES string of the molecule is CC(C)c1ccccc1Nc1ncc(C(=O)N2CCCC2)cn1. The molecule has 1 aromatic carbocycles. The first-order valence-electron chi connectivity index (χ1n) is 8.12. The molecule has 3 rings (SSSR count). The molecule has 0 radical (unpaired) electrons. The molecule has 1 N–H and O–H groups in total. The Labute approximate surface area is 136 Å². The molecule has 2 heterocycles. The van der Waals surface area contributed by atoms with Gasteiger partial charge in [0.15, 0.2) is 0 Å². The molecule has 1 fully saturated rings. The predicted octanol–water partition coefficient (Wildman–Crippen LogP) is 3.58. The van der Waals surface area contributed by atoms with Crippen LogP contribution in [-0.2, 0) is 0 Å². The fraction of sp³-hybridized carbons (Fsp3) is 0.389. The zero-order valence-electron chi connectivity index (χ0n) is 13.6. The summed E-state index contributed by atoms with van der Waals surface area (Å²) >= 11 is 0. The van der Waals surface area contributed by atoms with Gasteiger partial charge in [0.25, 0.3) is 5.91 Å². The van der Waals surface area contributed by atoms with Crippen LogP contribution in [0.2, 0.25) is 0 Å². The lowest BCUT2D eigenvalue weighted by Crippen LogP contribution is -2.27. The minimum Gasteiger partial charge on any atom is -0.339 e. The Morgan fingerprint density at radius 2 is 1.78 bits per heavy atom. The van der Waals surface area contributed by atoms with E-state index in [2.05, 4.69) is 35.2 Å². The van der Waals surface area contributed by atoms with Gasteiger partial charge in [0.1, 0.15) is 0 Å². The minimum absolute atomic E-state index is 0.0247. The van der Waals surface area contributed by atoms with Crippen molar-refractivity contribution in [1.29, 1.82) is 0 Å². The third kappa shape index (κ3) is 3.50. The van der Waals surface area contributed by atoms with E-state index >= 15 is 0 Å². The minimum atomic E-state index is 0.0247. The summed E-state index contributed by atoms with van der Waals surface area (Å²) in [5, 5.41) is 3.24. The lowest BCUT2D eigenvalue weighted by atomic mass is 10.0. The van der Waals surface area contributed by atoms with Gasteiger partial charge in [-0.1, -0.05) is 32.0 Å². The molecule has 0 saturated carbocycles. The van der Waals surface area contributed by atoms with E-state index in [9.17, 15) is 4.79 Å². The summed E-state index contributed by atoms with van der Waals surface area (Å²) < 4.78 is 0. The molecule has 0 bridgehead atoms. The lowest BCUT2D eigenvalue weighted by molar-refractivity contribution is 0.0792. The van der Waals surface area contributed by atoms with Crippen LogP contribution in [0.25, 0.3) is 0 Å². The van der Waals surface area contributed by atoms with E-state index in [1.807, 2.05) is 23.1 Å². The van der Waals surface area contributed by atoms with Gasteiger partial charge in [0, 0.05) is 31.2 Å². The number of carbonyl (C=O) groups excluding carboxylic acids is 1. The number of nitrogens with zero attached hydrogens (tertiary/aromatic N) is 3. The summed E-state index contributed by atoms with van der Waals surface area (Å²) in [4.78, 5) is 22.7. The molecular weight excluding hydrogens is 288 g/mol. The molecule has 0 aliphatic carbocycles. The smallest absolute Gasteiger partial charge is 0.256 e. The van der Waals surface area contributed by atoms with Crippen LogP contribution in [0.4, 0.5) is 11.6 Å². The lowest BCUT2D eigenvalue weighted by Gasteiger charge is -2.15. The molecule has 5 heteroatoms. The van der Waals surface area contributed by atoms with Crippen LogP contribution < -0.4 is 5.32 Å². The summed E-state index contributed by atoms with van der Waals surface area (Å²) in [5.41, 5.74) is 2.77. The van der Waals surface area contributed by atoms with Crippen molar-refractivity contribution in [3.63, 3.8) is 0 Å². The van der Waals surface area contributed by atoms with Gasteiger partial charge in [-0.15, -0.1) is 0 Å². The van der Waals surface area contributed by atoms with Gasteiger partial charge in [-0.3, -0.25) is 4.79 Å². The van der Waals surface area contributed by atoms with Gasteiger partial charge >= 0.3 is 0 Å². The van der Waals surface area contributed by atoms with E-state index in [-0.39, 0.29) is 5.91 Å². The number of hydrogen-bond acceptors (Lipinski definition) is 4. The van der Waals surface area contributed by atoms with Crippen LogP contribution >= 0.6 is 0 Å². The van der Waals surface area contributed by atoms with Crippen LogP contribution in [0.5, 0.6) is 0 Å². The number of rotatable bonds is 4. The molecule has 1 aliphatic heterocycles. The average molecular weight is 310 g/mol. The summed E-state index contributed by atoms with van der Waals surface area (Å²) in [6.45, 7) is 5.97. The molecule has 2 aromatic rings. The monoisotopic (exact) mass is 310 g/mol. The third-order valence-electron chi connectivity index (χ3n) is 4.12. The molecule has 120 valence electrons. The Balaban J connectivity index is 1.74. The van der Waals surface area contributed by atoms with Crippen molar-refractivity contribution in [3.05, 3.63) is 47.8 Å². The molecule has 0 spiro atoms. The van der Waals surface area contributed by atoms with E-state index in [0.717, 1.165) is 31.6 Å². The first-order chi connectivity index (χ1) is 11.1. The summed E-state index contributed by atoms with van der Waals surface area (Å²) in [7, 11) is 0. The third-order valence-corrected chi connectivity index (χ3v) is 4.12. The maximum Gasteiger partial charge on any atom is 0.256 e. The fourth-order valence-electron chi connectivity index (χ4n) is 2.84. The highest BCUT2D eigenvalue weighted by atomic mass is 16.2. The van der Waals surface area contributed by atoms with Gasteiger partial charge < -0.3 is 10.2 Å². The van der Waals surface area contributed by atoms with Gasteiger partial charge in [-0.2, -0.15) is 0 Å². The standard InChI is InChI=1S/C18H22N4O/c1-13(2)15-7-3-4-8-16(15)21-18-19-11-14(12-20-18)17(23)22-9-5-6-10-22/h3-4,7-8,11-13H,5-6,9-10H2,1-2H3,(H,19,20,21). The van der Waals surface area contributed by atoms with Gasteiger partial charge in [-0.05, 0) is 30.4 Å². The number of likely N-dealkylation sites (tertiary alicyclic amines) is 1. The molecule has 1 saturated heterocycles. The maximum absolute atomic E-state index is 12.3. The zero-order valence-corrected chi connectivity index (χ0v) is 13.6. The molecule has 23 heavy (non-hydrogen) atoms. The number of carbonyl (C=O) groups is 1. The quantitative estimate of drug-likeness (QED) is 0.937. The van der Waals surface area contributed by atoms with Crippen LogP contribution in [0.1, 0.15) is 48.5 Å². The number of anilines is 2. The van der Waals surface area contributed by atoms with Crippen molar-refractivity contribution in [3.8, 4) is 0 Å². The van der Waals surface area contributed by atoms with Crippen molar-refractivity contribution in [2.75, 3.05) is 18.4 Å². The summed E-state index contributed by atoms with van der Waals surface area (Å²) in [5.74, 6) is 0.947. The highest BCUT2D eigenvalue weighted by Crippen LogP contribution is 2.25. The fourth-order valence-corrected chi connectivity index (χ4v) is 2.84. The van der Waals surface area contributed by atoms with E-state index < -0.39 is 0 Å². The maximum atomic E-state index is 12.3. The second-order valence-electron chi connectivity index (χ2n) is 6.16. The highest BCUT2D eigenvalue weighted by molar-refractivity contribution is 5.93. The summed E-state index contributed by atoms with van der Waals surface area (Å²) in [6, 6.07) is 8.12. The second kappa shape index (κ2) is 6.77. The van der Waals surface area contributed by atoms with Gasteiger partial charge in [-0.25, -0.2) is 9.97 Å². The highest BCUT2D eigenvalue weighted by Gasteiger charge is 2.20. The predicted molar refractivity (Wildman–Crippen MR) is 91.0 cm³/mol. The largest absolute Gasteiger partial charge is 0.339 e. The average Bonchev–Trinajstić information content (AvgIpc) is 3.10. The van der Waals surface area contributed by atoms with Gasteiger partial charge in [0.2, 0.25) is 5.95 Å². The van der Waals surface area contributed by atoms with Crippen molar-refractivity contribution >= 4 is 17.5 Å². The Morgan fingerprint density at radius 3 is 2.43 bits per heavy atom. The summed E-state index contributed by atoms with van der Waals surface area (Å²) in [6.07, 6.45) is 5.37. The van der Waals surface area contributed by atoms with Gasteiger partial charge in [0.05, 0.1) is 5.56 Å². The Morgan fingerprint density at radius 1 is 1.13 bits per heavy atom. The van der Waals surface area contributed by atoms with E-state index in [1.54, 1.807) is 12.4 Å². The zero-order chi connectivity index (χ0) is 16.2. The van der Waals surface area contributed by atoms with Crippen molar-refractivity contribution in [1.82, 2.24) is 14.9 Å². The van der Waals surface area contributed by atoms with Crippen LogP contribution in [0.3, 0.4) is 0 Å². The van der Waals surface area contributed by atoms with Crippen LogP contribution in [0.15, 0.2) is 36.7 Å². The number of amides is 1. The topological polar surface area (TPSA) is 58.1 Å². The Bertz CT molecular complexity index is 676. The number of nitrogens with one attached hydrogen (secondary N) is 1. The van der Waals surface area contributed by atoms with E-state index in [4.69, 9.17) is 0 Å². The number of aromatic nitrogens is 2. The van der Waals surface area contributed by atoms with E-state index in [0.29, 0.717) is 17.4 Å². The normalized spacial score (nSPS) is 14.3. The molecule has 1 amide bonds. The number of benzene rings is 1. The molecule has 5 nitrogen and oxygen atoms in total. The molecular formula is C18H22N4O. The van der Waals surface area contributed by atoms with Crippen LogP contribution in [0, 0.1) is 0 Å².